The molecule has 2 aromatic carbocycles. The average molecular weight is 436 g/mol. The lowest BCUT2D eigenvalue weighted by molar-refractivity contribution is -0.139. The first-order valence-corrected chi connectivity index (χ1v) is 11.2. The Labute approximate surface area is 190 Å². The van der Waals surface area contributed by atoms with Crippen LogP contribution in [0.2, 0.25) is 0 Å². The topological polar surface area (TPSA) is 66.8 Å². The van der Waals surface area contributed by atoms with Gasteiger partial charge < -0.3 is 14.7 Å². The number of ether oxygens (including phenoxy) is 1. The summed E-state index contributed by atoms with van der Waals surface area (Å²) in [4.78, 5) is 27.4. The highest BCUT2D eigenvalue weighted by Crippen LogP contribution is 2.40. The molecule has 1 atom stereocenters. The minimum Gasteiger partial charge on any atom is -0.507 e. The van der Waals surface area contributed by atoms with Crippen molar-refractivity contribution in [3.63, 3.8) is 0 Å². The number of carbonyl (C=O) groups is 2. The first-order chi connectivity index (χ1) is 15.0. The maximum Gasteiger partial charge on any atom is 0.295 e. The monoisotopic (exact) mass is 435 g/mol. The molecule has 1 unspecified atom stereocenters. The number of aliphatic hydroxyl groups excluding tert-OH is 1. The zero-order valence-corrected chi connectivity index (χ0v) is 19.8. The van der Waals surface area contributed by atoms with Gasteiger partial charge in [-0.3, -0.25) is 9.59 Å². The van der Waals surface area contributed by atoms with Gasteiger partial charge in [0.15, 0.2) is 0 Å². The summed E-state index contributed by atoms with van der Waals surface area (Å²) in [6, 6.07) is 14.3. The van der Waals surface area contributed by atoms with Gasteiger partial charge in [0.25, 0.3) is 11.7 Å². The van der Waals surface area contributed by atoms with E-state index in [0.29, 0.717) is 24.3 Å². The number of benzene rings is 2. The summed E-state index contributed by atoms with van der Waals surface area (Å²) in [5, 5.41) is 11.1. The van der Waals surface area contributed by atoms with Crippen LogP contribution in [0.4, 0.5) is 0 Å². The predicted octanol–water partition coefficient (Wildman–Crippen LogP) is 5.60. The third-order valence-electron chi connectivity index (χ3n) is 5.60. The molecule has 1 aliphatic heterocycles. The molecule has 2 aromatic rings. The van der Waals surface area contributed by atoms with Crippen molar-refractivity contribution in [1.82, 2.24) is 4.90 Å². The Hall–Kier alpha value is -3.08. The Kier molecular flexibility index (Phi) is 6.77. The van der Waals surface area contributed by atoms with Crippen molar-refractivity contribution < 1.29 is 19.4 Å². The second kappa shape index (κ2) is 9.19. The molecule has 1 heterocycles. The molecule has 1 saturated heterocycles. The van der Waals surface area contributed by atoms with E-state index >= 15 is 0 Å². The smallest absolute Gasteiger partial charge is 0.295 e. The number of ketones is 1. The molecule has 5 nitrogen and oxygen atoms in total. The SMILES string of the molecule is CCCN1C(=O)C(=O)/C(=C(\O)c2ccc(OC(C)C)cc2)C1c1ccc(C(C)(C)C)cc1. The Balaban J connectivity index is 2.08. The molecular weight excluding hydrogens is 402 g/mol. The van der Waals surface area contributed by atoms with Crippen LogP contribution in [-0.4, -0.2) is 34.3 Å². The fraction of sp³-hybridized carbons (Fsp3) is 0.407. The number of nitrogens with zero attached hydrogens (tertiary/aromatic N) is 1. The van der Waals surface area contributed by atoms with E-state index in [1.54, 1.807) is 29.2 Å². The number of hydrogen-bond donors (Lipinski definition) is 1. The summed E-state index contributed by atoms with van der Waals surface area (Å²) >= 11 is 0. The Bertz CT molecular complexity index is 1010. The molecule has 0 radical (unpaired) electrons. The number of hydrogen-bond acceptors (Lipinski definition) is 4. The highest BCUT2D eigenvalue weighted by atomic mass is 16.5. The van der Waals surface area contributed by atoms with Crippen molar-refractivity contribution in [1.29, 1.82) is 0 Å². The number of likely N-dealkylation sites (tertiary alicyclic amines) is 1. The van der Waals surface area contributed by atoms with E-state index < -0.39 is 17.7 Å². The van der Waals surface area contributed by atoms with E-state index in [0.717, 1.165) is 11.1 Å². The molecule has 1 N–H and O–H groups in total. The van der Waals surface area contributed by atoms with Crippen molar-refractivity contribution in [2.45, 2.75) is 65.5 Å². The van der Waals surface area contributed by atoms with Crippen LogP contribution in [0, 0.1) is 0 Å². The number of Topliss-reactive ketones (excluding diaryl/α,β-unsaturated/α-hetero) is 1. The molecule has 0 saturated carbocycles. The van der Waals surface area contributed by atoms with E-state index in [1.165, 1.54) is 0 Å². The first kappa shape index (κ1) is 23.6. The second-order valence-electron chi connectivity index (χ2n) is 9.56. The van der Waals surface area contributed by atoms with Gasteiger partial charge in [0.2, 0.25) is 0 Å². The molecule has 3 rings (SSSR count). The number of rotatable bonds is 6. The van der Waals surface area contributed by atoms with Gasteiger partial charge in [0, 0.05) is 12.1 Å². The fourth-order valence-corrected chi connectivity index (χ4v) is 3.98. The number of carbonyl (C=O) groups excluding carboxylic acids is 2. The van der Waals surface area contributed by atoms with Gasteiger partial charge in [-0.25, -0.2) is 0 Å². The Morgan fingerprint density at radius 1 is 1.03 bits per heavy atom. The van der Waals surface area contributed by atoms with Crippen molar-refractivity contribution in [3.8, 4) is 5.75 Å². The maximum atomic E-state index is 13.0. The number of aliphatic hydroxyl groups is 1. The van der Waals surface area contributed by atoms with Crippen LogP contribution in [-0.2, 0) is 15.0 Å². The summed E-state index contributed by atoms with van der Waals surface area (Å²) < 4.78 is 5.66. The standard InChI is InChI=1S/C27H33NO4/c1-7-16-28-23(18-8-12-20(13-9-18)27(4,5)6)22(25(30)26(28)31)24(29)19-10-14-21(15-11-19)32-17(2)3/h8-15,17,23,29H,7,16H2,1-6H3/b24-22-. The summed E-state index contributed by atoms with van der Waals surface area (Å²) in [7, 11) is 0. The molecule has 1 amide bonds. The molecule has 32 heavy (non-hydrogen) atoms. The third-order valence-corrected chi connectivity index (χ3v) is 5.60. The minimum absolute atomic E-state index is 0.0104. The lowest BCUT2D eigenvalue weighted by Gasteiger charge is -2.26. The van der Waals surface area contributed by atoms with Gasteiger partial charge in [-0.15, -0.1) is 0 Å². The highest BCUT2D eigenvalue weighted by Gasteiger charge is 2.45. The third kappa shape index (κ3) is 4.72. The van der Waals surface area contributed by atoms with Gasteiger partial charge in [0.05, 0.1) is 17.7 Å². The molecular formula is C27H33NO4. The normalized spacial score (nSPS) is 18.5. The van der Waals surface area contributed by atoms with Crippen LogP contribution in [0.25, 0.3) is 5.76 Å². The second-order valence-corrected chi connectivity index (χ2v) is 9.56. The molecule has 0 aromatic heterocycles. The molecule has 1 fully saturated rings. The lowest BCUT2D eigenvalue weighted by atomic mass is 9.85. The summed E-state index contributed by atoms with van der Waals surface area (Å²) in [5.41, 5.74) is 2.57. The highest BCUT2D eigenvalue weighted by molar-refractivity contribution is 6.46. The molecule has 0 aliphatic carbocycles. The summed E-state index contributed by atoms with van der Waals surface area (Å²) in [5.74, 6) is -0.707. The number of amides is 1. The van der Waals surface area contributed by atoms with Crippen molar-refractivity contribution >= 4 is 17.4 Å². The average Bonchev–Trinajstić information content (AvgIpc) is 2.98. The largest absolute Gasteiger partial charge is 0.507 e. The van der Waals surface area contributed by atoms with Gasteiger partial charge >= 0.3 is 0 Å². The van der Waals surface area contributed by atoms with E-state index in [4.69, 9.17) is 4.74 Å². The molecule has 0 bridgehead atoms. The zero-order valence-electron chi connectivity index (χ0n) is 19.8. The van der Waals surface area contributed by atoms with Gasteiger partial charge in [0.1, 0.15) is 11.5 Å². The molecule has 0 spiro atoms. The van der Waals surface area contributed by atoms with Crippen LogP contribution in [0.3, 0.4) is 0 Å². The molecule has 170 valence electrons. The summed E-state index contributed by atoms with van der Waals surface area (Å²) in [6.45, 7) is 12.7. The predicted molar refractivity (Wildman–Crippen MR) is 127 cm³/mol. The van der Waals surface area contributed by atoms with Crippen LogP contribution in [0.1, 0.15) is 70.7 Å². The van der Waals surface area contributed by atoms with Crippen molar-refractivity contribution in [2.24, 2.45) is 0 Å². The molecule has 1 aliphatic rings. The van der Waals surface area contributed by atoms with E-state index in [2.05, 4.69) is 20.8 Å². The van der Waals surface area contributed by atoms with Gasteiger partial charge in [-0.2, -0.15) is 0 Å². The lowest BCUT2D eigenvalue weighted by Crippen LogP contribution is -2.30. The van der Waals surface area contributed by atoms with Crippen molar-refractivity contribution in [2.75, 3.05) is 6.54 Å². The quantitative estimate of drug-likeness (QED) is 0.364. The Morgan fingerprint density at radius 3 is 2.12 bits per heavy atom. The van der Waals surface area contributed by atoms with Crippen LogP contribution < -0.4 is 4.74 Å². The zero-order chi connectivity index (χ0) is 23.6. The first-order valence-electron chi connectivity index (χ1n) is 11.2. The molecule has 5 heteroatoms. The van der Waals surface area contributed by atoms with Crippen LogP contribution >= 0.6 is 0 Å². The van der Waals surface area contributed by atoms with Crippen molar-refractivity contribution in [3.05, 3.63) is 70.8 Å². The summed E-state index contributed by atoms with van der Waals surface area (Å²) in [6.07, 6.45) is 0.745. The fourth-order valence-electron chi connectivity index (χ4n) is 3.98. The minimum atomic E-state index is -0.650. The Morgan fingerprint density at radius 2 is 1.62 bits per heavy atom. The van der Waals surface area contributed by atoms with Crippen LogP contribution in [0.15, 0.2) is 54.1 Å². The van der Waals surface area contributed by atoms with E-state index in [-0.39, 0.29) is 22.9 Å². The van der Waals surface area contributed by atoms with Crippen LogP contribution in [0.5, 0.6) is 5.75 Å². The van der Waals surface area contributed by atoms with Gasteiger partial charge in [-0.1, -0.05) is 52.0 Å². The van der Waals surface area contributed by atoms with E-state index in [9.17, 15) is 14.7 Å². The van der Waals surface area contributed by atoms with Gasteiger partial charge in [-0.05, 0) is 61.1 Å². The van der Waals surface area contributed by atoms with E-state index in [1.807, 2.05) is 45.0 Å². The maximum absolute atomic E-state index is 13.0.